The molecule has 0 aromatic rings. The van der Waals surface area contributed by atoms with Crippen molar-refractivity contribution >= 4 is 11.8 Å². The normalized spacial score (nSPS) is 18.2. The van der Waals surface area contributed by atoms with Gasteiger partial charge in [-0.15, -0.1) is 0 Å². The maximum Gasteiger partial charge on any atom is 0.246 e. The molecule has 1 aliphatic rings. The van der Waals surface area contributed by atoms with Crippen molar-refractivity contribution in [3.63, 3.8) is 0 Å². The number of methoxy groups -OCH3 is 1. The predicted molar refractivity (Wildman–Crippen MR) is 75.3 cm³/mol. The fraction of sp³-hybridized carbons (Fsp3) is 0.857. The summed E-state index contributed by atoms with van der Waals surface area (Å²) in [6.45, 7) is 6.24. The van der Waals surface area contributed by atoms with Gasteiger partial charge in [0.05, 0.1) is 19.8 Å². The van der Waals surface area contributed by atoms with Crippen molar-refractivity contribution in [2.75, 3.05) is 40.0 Å². The second-order valence-electron chi connectivity index (χ2n) is 4.93. The van der Waals surface area contributed by atoms with Gasteiger partial charge in [0.2, 0.25) is 11.8 Å². The molecular formula is C14H26N2O4. The van der Waals surface area contributed by atoms with Crippen molar-refractivity contribution < 1.29 is 19.1 Å². The van der Waals surface area contributed by atoms with Gasteiger partial charge in [0, 0.05) is 20.3 Å². The molecule has 0 spiro atoms. The van der Waals surface area contributed by atoms with Crippen LogP contribution in [-0.4, -0.2) is 62.3 Å². The minimum absolute atomic E-state index is 0.00908. The summed E-state index contributed by atoms with van der Waals surface area (Å²) in [5, 5.41) is 2.69. The zero-order valence-corrected chi connectivity index (χ0v) is 12.7. The zero-order valence-electron chi connectivity index (χ0n) is 12.7. The lowest BCUT2D eigenvalue weighted by atomic mass is 9.87. The van der Waals surface area contributed by atoms with E-state index in [4.69, 9.17) is 9.47 Å². The number of ether oxygens (including phenoxy) is 2. The van der Waals surface area contributed by atoms with Crippen LogP contribution in [0.3, 0.4) is 0 Å². The van der Waals surface area contributed by atoms with Crippen molar-refractivity contribution in [2.24, 2.45) is 0 Å². The van der Waals surface area contributed by atoms with E-state index < -0.39 is 5.54 Å². The Kier molecular flexibility index (Phi) is 6.95. The Hall–Kier alpha value is -1.14. The van der Waals surface area contributed by atoms with Crippen molar-refractivity contribution in [1.82, 2.24) is 10.2 Å². The highest BCUT2D eigenvalue weighted by atomic mass is 16.5. The second-order valence-corrected chi connectivity index (χ2v) is 4.93. The summed E-state index contributed by atoms with van der Waals surface area (Å²) in [5.74, 6) is -0.0485. The molecule has 0 aliphatic carbocycles. The van der Waals surface area contributed by atoms with Crippen LogP contribution in [0.15, 0.2) is 0 Å². The Balaban J connectivity index is 2.54. The summed E-state index contributed by atoms with van der Waals surface area (Å²) in [7, 11) is 1.63. The predicted octanol–water partition coefficient (Wildman–Crippen LogP) is 0.557. The van der Waals surface area contributed by atoms with Crippen molar-refractivity contribution in [2.45, 2.75) is 38.6 Å². The molecule has 1 aliphatic heterocycles. The molecular weight excluding hydrogens is 260 g/mol. The zero-order chi connectivity index (χ0) is 15.0. The monoisotopic (exact) mass is 286 g/mol. The molecule has 6 heteroatoms. The highest BCUT2D eigenvalue weighted by Gasteiger charge is 2.46. The van der Waals surface area contributed by atoms with Gasteiger partial charge in [-0.05, 0) is 19.3 Å². The quantitative estimate of drug-likeness (QED) is 0.629. The van der Waals surface area contributed by atoms with E-state index in [0.29, 0.717) is 39.2 Å². The van der Waals surface area contributed by atoms with Crippen LogP contribution >= 0.6 is 0 Å². The standard InChI is InChI=1S/C14H26N2O4/c1-4-14(5-2)13(18)15-11-12(17)16(14)7-6-8-20-10-9-19-3/h4-11H2,1-3H3,(H,15,18). The van der Waals surface area contributed by atoms with E-state index in [9.17, 15) is 9.59 Å². The minimum atomic E-state index is -0.693. The Morgan fingerprint density at radius 1 is 1.20 bits per heavy atom. The number of carbonyl (C=O) groups is 2. The number of hydrogen-bond acceptors (Lipinski definition) is 4. The molecule has 0 bridgehead atoms. The molecule has 0 radical (unpaired) electrons. The van der Waals surface area contributed by atoms with Gasteiger partial charge in [-0.25, -0.2) is 0 Å². The van der Waals surface area contributed by atoms with E-state index in [1.54, 1.807) is 12.0 Å². The third-order valence-corrected chi connectivity index (χ3v) is 3.91. The van der Waals surface area contributed by atoms with Crippen molar-refractivity contribution in [1.29, 1.82) is 0 Å². The largest absolute Gasteiger partial charge is 0.382 e. The molecule has 6 nitrogen and oxygen atoms in total. The fourth-order valence-electron chi connectivity index (χ4n) is 2.64. The first-order valence-electron chi connectivity index (χ1n) is 7.27. The number of carbonyl (C=O) groups excluding carboxylic acids is 2. The third-order valence-electron chi connectivity index (χ3n) is 3.91. The van der Waals surface area contributed by atoms with Gasteiger partial charge < -0.3 is 19.7 Å². The van der Waals surface area contributed by atoms with E-state index in [2.05, 4.69) is 5.32 Å². The van der Waals surface area contributed by atoms with Crippen molar-refractivity contribution in [3.05, 3.63) is 0 Å². The Bertz CT molecular complexity index is 329. The Morgan fingerprint density at radius 3 is 2.50 bits per heavy atom. The number of nitrogens with one attached hydrogen (secondary N) is 1. The highest BCUT2D eigenvalue weighted by molar-refractivity contribution is 5.97. The van der Waals surface area contributed by atoms with Gasteiger partial charge >= 0.3 is 0 Å². The number of piperazine rings is 1. The van der Waals surface area contributed by atoms with Crippen LogP contribution in [0.2, 0.25) is 0 Å². The van der Waals surface area contributed by atoms with E-state index >= 15 is 0 Å². The molecule has 2 amide bonds. The van der Waals surface area contributed by atoms with E-state index in [-0.39, 0.29) is 18.4 Å². The third kappa shape index (κ3) is 3.70. The maximum absolute atomic E-state index is 12.2. The summed E-state index contributed by atoms with van der Waals surface area (Å²) >= 11 is 0. The Morgan fingerprint density at radius 2 is 1.90 bits per heavy atom. The minimum Gasteiger partial charge on any atom is -0.382 e. The van der Waals surface area contributed by atoms with Crippen LogP contribution in [0.4, 0.5) is 0 Å². The first kappa shape index (κ1) is 16.9. The van der Waals surface area contributed by atoms with Crippen LogP contribution in [0.25, 0.3) is 0 Å². The molecule has 0 aromatic heterocycles. The number of amides is 2. The van der Waals surface area contributed by atoms with Gasteiger partial charge in [0.1, 0.15) is 5.54 Å². The average Bonchev–Trinajstić information content (AvgIpc) is 2.46. The topological polar surface area (TPSA) is 67.9 Å². The molecule has 1 heterocycles. The number of nitrogens with zero attached hydrogens (tertiary/aromatic N) is 1. The van der Waals surface area contributed by atoms with Crippen molar-refractivity contribution in [3.8, 4) is 0 Å². The summed E-state index contributed by atoms with van der Waals surface area (Å²) in [4.78, 5) is 26.0. The molecule has 0 unspecified atom stereocenters. The number of hydrogen-bond donors (Lipinski definition) is 1. The van der Waals surface area contributed by atoms with Crippen LogP contribution in [0.5, 0.6) is 0 Å². The number of rotatable bonds is 9. The summed E-state index contributed by atoms with van der Waals surface area (Å²) < 4.78 is 10.3. The Labute approximate surface area is 120 Å². The molecule has 20 heavy (non-hydrogen) atoms. The molecule has 116 valence electrons. The van der Waals surface area contributed by atoms with Gasteiger partial charge in [-0.1, -0.05) is 13.8 Å². The van der Waals surface area contributed by atoms with Gasteiger partial charge in [-0.2, -0.15) is 0 Å². The average molecular weight is 286 g/mol. The summed E-state index contributed by atoms with van der Waals surface area (Å²) in [6.07, 6.45) is 1.99. The lowest BCUT2D eigenvalue weighted by Crippen LogP contribution is -2.66. The smallest absolute Gasteiger partial charge is 0.246 e. The van der Waals surface area contributed by atoms with Gasteiger partial charge in [0.25, 0.3) is 0 Å². The van der Waals surface area contributed by atoms with E-state index in [1.165, 1.54) is 0 Å². The molecule has 0 saturated carbocycles. The molecule has 1 saturated heterocycles. The van der Waals surface area contributed by atoms with Gasteiger partial charge in [-0.3, -0.25) is 9.59 Å². The van der Waals surface area contributed by atoms with Crippen LogP contribution in [0, 0.1) is 0 Å². The first-order valence-corrected chi connectivity index (χ1v) is 7.27. The van der Waals surface area contributed by atoms with Crippen LogP contribution < -0.4 is 5.32 Å². The summed E-state index contributed by atoms with van der Waals surface area (Å²) in [6, 6.07) is 0. The lowest BCUT2D eigenvalue weighted by molar-refractivity contribution is -0.154. The van der Waals surface area contributed by atoms with Crippen LogP contribution in [-0.2, 0) is 19.1 Å². The molecule has 1 N–H and O–H groups in total. The fourth-order valence-corrected chi connectivity index (χ4v) is 2.64. The molecule has 0 atom stereocenters. The molecule has 0 aromatic carbocycles. The highest BCUT2D eigenvalue weighted by Crippen LogP contribution is 2.27. The summed E-state index contributed by atoms with van der Waals surface area (Å²) in [5.41, 5.74) is -0.693. The van der Waals surface area contributed by atoms with E-state index in [1.807, 2.05) is 13.8 Å². The van der Waals surface area contributed by atoms with Crippen LogP contribution in [0.1, 0.15) is 33.1 Å². The maximum atomic E-state index is 12.2. The second kappa shape index (κ2) is 8.21. The van der Waals surface area contributed by atoms with E-state index in [0.717, 1.165) is 6.42 Å². The van der Waals surface area contributed by atoms with Gasteiger partial charge in [0.15, 0.2) is 0 Å². The molecule has 1 fully saturated rings. The molecule has 1 rings (SSSR count). The lowest BCUT2D eigenvalue weighted by Gasteiger charge is -2.45. The first-order chi connectivity index (χ1) is 9.62. The SMILES string of the molecule is CCC1(CC)C(=O)NCC(=O)N1CCCOCCOC.